The van der Waals surface area contributed by atoms with Crippen LogP contribution in [0.1, 0.15) is 44.4 Å². The second-order valence-electron chi connectivity index (χ2n) is 14.3. The van der Waals surface area contributed by atoms with Crippen molar-refractivity contribution in [3.8, 4) is 5.75 Å². The van der Waals surface area contributed by atoms with Gasteiger partial charge in [-0.05, 0) is 61.2 Å². The summed E-state index contributed by atoms with van der Waals surface area (Å²) < 4.78 is 10.7. The zero-order valence-corrected chi connectivity index (χ0v) is 32.5. The third kappa shape index (κ3) is 14.4. The Bertz CT molecular complexity index is 1590. The van der Waals surface area contributed by atoms with Crippen LogP contribution in [0.25, 0.3) is 0 Å². The fraction of sp³-hybridized carbons (Fsp3) is 0.463. The van der Waals surface area contributed by atoms with Gasteiger partial charge in [-0.2, -0.15) is 0 Å². The lowest BCUT2D eigenvalue weighted by atomic mass is 9.93. The molecule has 13 nitrogen and oxygen atoms in total. The number of alkyl carbamates (subject to hydrolysis) is 1. The van der Waals surface area contributed by atoms with Crippen LogP contribution in [0.15, 0.2) is 84.9 Å². The first-order chi connectivity index (χ1) is 25.8. The van der Waals surface area contributed by atoms with E-state index in [9.17, 15) is 24.3 Å². The summed E-state index contributed by atoms with van der Waals surface area (Å²) in [6.07, 6.45) is -2.10. The summed E-state index contributed by atoms with van der Waals surface area (Å²) in [5, 5.41) is 26.7. The molecular formula is C41H58N6O7. The van der Waals surface area contributed by atoms with E-state index in [4.69, 9.17) is 9.47 Å². The van der Waals surface area contributed by atoms with E-state index in [-0.39, 0.29) is 37.3 Å². The number of benzene rings is 3. The molecule has 0 saturated heterocycles. The Hall–Kier alpha value is -4.98. The van der Waals surface area contributed by atoms with Crippen LogP contribution in [0.4, 0.5) is 4.79 Å². The Morgan fingerprint density at radius 2 is 1.24 bits per heavy atom. The largest absolute Gasteiger partial charge is 0.497 e. The summed E-state index contributed by atoms with van der Waals surface area (Å²) in [7, 11) is 5.37. The summed E-state index contributed by atoms with van der Waals surface area (Å²) >= 11 is 0. The van der Waals surface area contributed by atoms with E-state index >= 15 is 0 Å². The van der Waals surface area contributed by atoms with E-state index in [0.717, 1.165) is 16.7 Å². The normalized spacial score (nSPS) is 14.1. The van der Waals surface area contributed by atoms with Gasteiger partial charge >= 0.3 is 6.09 Å². The topological polar surface area (TPSA) is 170 Å². The van der Waals surface area contributed by atoms with Crippen molar-refractivity contribution in [3.63, 3.8) is 0 Å². The SMILES string of the molecule is COc1ccc(CN[C@@H](C(=O)N[C@H](C(=O)NCCN(C)C)C(C)C)[C@H](O)[C@H](Cc2ccccc2)NC(=O)[C@@H](NC(=O)OCc2ccccc2)C(C)C)cc1. The third-order valence-electron chi connectivity index (χ3n) is 8.89. The predicted molar refractivity (Wildman–Crippen MR) is 208 cm³/mol. The molecule has 13 heteroatoms. The zero-order valence-electron chi connectivity index (χ0n) is 32.5. The molecule has 294 valence electrons. The van der Waals surface area contributed by atoms with Crippen LogP contribution in [-0.4, -0.2) is 98.4 Å². The number of hydrogen-bond acceptors (Lipinski definition) is 9. The maximum Gasteiger partial charge on any atom is 0.408 e. The van der Waals surface area contributed by atoms with Crippen LogP contribution in [0, 0.1) is 11.8 Å². The molecule has 0 aromatic heterocycles. The fourth-order valence-corrected chi connectivity index (χ4v) is 5.69. The third-order valence-corrected chi connectivity index (χ3v) is 8.89. The van der Waals surface area contributed by atoms with Gasteiger partial charge in [0.05, 0.1) is 19.3 Å². The monoisotopic (exact) mass is 746 g/mol. The molecule has 0 aliphatic rings. The first-order valence-electron chi connectivity index (χ1n) is 18.4. The molecule has 0 radical (unpaired) electrons. The minimum Gasteiger partial charge on any atom is -0.497 e. The number of methoxy groups -OCH3 is 1. The summed E-state index contributed by atoms with van der Waals surface area (Å²) in [5.74, 6) is -1.48. The molecule has 3 rings (SSSR count). The van der Waals surface area contributed by atoms with Gasteiger partial charge in [-0.25, -0.2) is 4.79 Å². The molecule has 3 aromatic carbocycles. The van der Waals surface area contributed by atoms with E-state index in [1.165, 1.54) is 0 Å². The van der Waals surface area contributed by atoms with Crippen LogP contribution in [0.5, 0.6) is 5.75 Å². The number of rotatable bonds is 21. The number of aliphatic hydroxyl groups is 1. The van der Waals surface area contributed by atoms with Gasteiger partial charge in [0.25, 0.3) is 0 Å². The Kier molecular flexibility index (Phi) is 17.9. The van der Waals surface area contributed by atoms with Crippen LogP contribution in [0.3, 0.4) is 0 Å². The van der Waals surface area contributed by atoms with Gasteiger partial charge in [0.2, 0.25) is 17.7 Å². The smallest absolute Gasteiger partial charge is 0.408 e. The van der Waals surface area contributed by atoms with Crippen molar-refractivity contribution in [2.75, 3.05) is 34.3 Å². The second-order valence-corrected chi connectivity index (χ2v) is 14.3. The maximum absolute atomic E-state index is 14.2. The van der Waals surface area contributed by atoms with Crippen molar-refractivity contribution in [1.82, 2.24) is 31.5 Å². The number of amides is 4. The van der Waals surface area contributed by atoms with Gasteiger partial charge < -0.3 is 40.7 Å². The maximum atomic E-state index is 14.2. The highest BCUT2D eigenvalue weighted by atomic mass is 16.5. The highest BCUT2D eigenvalue weighted by Gasteiger charge is 2.38. The number of carbonyl (C=O) groups is 4. The second kappa shape index (κ2) is 22.3. The van der Waals surface area contributed by atoms with Crippen molar-refractivity contribution in [1.29, 1.82) is 0 Å². The lowest BCUT2D eigenvalue weighted by Gasteiger charge is -2.33. The fourth-order valence-electron chi connectivity index (χ4n) is 5.69. The molecule has 6 N–H and O–H groups in total. The number of nitrogens with zero attached hydrogens (tertiary/aromatic N) is 1. The van der Waals surface area contributed by atoms with E-state index in [1.807, 2.05) is 106 Å². The predicted octanol–water partition coefficient (Wildman–Crippen LogP) is 3.01. The minimum atomic E-state index is -1.49. The molecule has 0 heterocycles. The lowest BCUT2D eigenvalue weighted by molar-refractivity contribution is -0.134. The van der Waals surface area contributed by atoms with E-state index in [2.05, 4.69) is 26.6 Å². The average Bonchev–Trinajstić information content (AvgIpc) is 3.15. The van der Waals surface area contributed by atoms with Crippen molar-refractivity contribution in [2.45, 2.75) is 77.5 Å². The highest BCUT2D eigenvalue weighted by molar-refractivity contribution is 5.90. The summed E-state index contributed by atoms with van der Waals surface area (Å²) in [6, 6.07) is 21.5. The number of carbonyl (C=O) groups excluding carboxylic acids is 4. The first-order valence-corrected chi connectivity index (χ1v) is 18.4. The molecule has 0 aliphatic heterocycles. The summed E-state index contributed by atoms with van der Waals surface area (Å²) in [4.78, 5) is 56.2. The zero-order chi connectivity index (χ0) is 39.6. The number of ether oxygens (including phenoxy) is 2. The van der Waals surface area contributed by atoms with Crippen LogP contribution in [-0.2, 0) is 38.7 Å². The van der Waals surface area contributed by atoms with Gasteiger partial charge in [-0.15, -0.1) is 0 Å². The Morgan fingerprint density at radius 1 is 0.685 bits per heavy atom. The summed E-state index contributed by atoms with van der Waals surface area (Å²) in [5.41, 5.74) is 2.40. The Balaban J connectivity index is 1.90. The standard InChI is InChI=1S/C41H58N6O7/c1-27(2)34(38(49)42-22-23-47(5)6)45-40(51)36(43-25-30-18-20-32(53-7)21-19-30)37(48)33(24-29-14-10-8-11-15-29)44-39(50)35(28(3)4)46-41(52)54-26-31-16-12-9-13-17-31/h8-21,27-28,33-37,43,48H,22-26H2,1-7H3,(H,42,49)(H,44,50)(H,45,51)(H,46,52)/t33-,34-,35-,36+,37+/m0/s1. The number of hydrogen-bond donors (Lipinski definition) is 6. The molecule has 0 bridgehead atoms. The van der Waals surface area contributed by atoms with Crippen molar-refractivity contribution in [3.05, 3.63) is 102 Å². The first kappa shape index (κ1) is 43.4. The van der Waals surface area contributed by atoms with Gasteiger partial charge in [-0.1, -0.05) is 100 Å². The molecule has 0 spiro atoms. The van der Waals surface area contributed by atoms with Gasteiger partial charge in [0.15, 0.2) is 0 Å². The Labute approximate surface area is 319 Å². The van der Waals surface area contributed by atoms with Crippen LogP contribution < -0.4 is 31.3 Å². The lowest BCUT2D eigenvalue weighted by Crippen LogP contribution is -2.63. The number of aliphatic hydroxyl groups excluding tert-OH is 1. The summed E-state index contributed by atoms with van der Waals surface area (Å²) in [6.45, 7) is 8.44. The molecule has 54 heavy (non-hydrogen) atoms. The van der Waals surface area contributed by atoms with Crippen LogP contribution >= 0.6 is 0 Å². The quantitative estimate of drug-likeness (QED) is 0.0960. The molecule has 4 amide bonds. The number of nitrogens with one attached hydrogen (secondary N) is 5. The van der Waals surface area contributed by atoms with Crippen molar-refractivity contribution >= 4 is 23.8 Å². The van der Waals surface area contributed by atoms with Gasteiger partial charge in [0.1, 0.15) is 30.5 Å². The molecule has 0 aliphatic carbocycles. The van der Waals surface area contributed by atoms with E-state index < -0.39 is 48.2 Å². The van der Waals surface area contributed by atoms with Gasteiger partial charge in [-0.3, -0.25) is 19.7 Å². The van der Waals surface area contributed by atoms with Crippen molar-refractivity contribution in [2.24, 2.45) is 11.8 Å². The van der Waals surface area contributed by atoms with Crippen molar-refractivity contribution < 1.29 is 33.8 Å². The molecular weight excluding hydrogens is 688 g/mol. The van der Waals surface area contributed by atoms with E-state index in [0.29, 0.717) is 18.8 Å². The average molecular weight is 747 g/mol. The molecule has 0 unspecified atom stereocenters. The molecule has 0 fully saturated rings. The number of likely N-dealkylation sites (N-methyl/N-ethyl adjacent to an activating group) is 1. The molecule has 5 atom stereocenters. The minimum absolute atomic E-state index is 0.0240. The van der Waals surface area contributed by atoms with Gasteiger partial charge in [0, 0.05) is 19.6 Å². The van der Waals surface area contributed by atoms with E-state index in [1.54, 1.807) is 33.1 Å². The molecule has 3 aromatic rings. The Morgan fingerprint density at radius 3 is 1.80 bits per heavy atom. The highest BCUT2D eigenvalue weighted by Crippen LogP contribution is 2.15. The van der Waals surface area contributed by atoms with Crippen LogP contribution in [0.2, 0.25) is 0 Å². The molecule has 0 saturated carbocycles.